The molecule has 0 fully saturated rings. The van der Waals surface area contributed by atoms with E-state index in [4.69, 9.17) is 0 Å². The first-order valence-electron chi connectivity index (χ1n) is 12.5. The lowest BCUT2D eigenvalue weighted by atomic mass is 9.92. The smallest absolute Gasteiger partial charge is 0.0239 e. The molecule has 0 saturated heterocycles. The molecule has 0 aromatic heterocycles. The Labute approximate surface area is 183 Å². The Morgan fingerprint density at radius 3 is 1.14 bits per heavy atom. The lowest BCUT2D eigenvalue weighted by Crippen LogP contribution is -2.28. The van der Waals surface area contributed by atoms with Gasteiger partial charge >= 0.3 is 0 Å². The first-order chi connectivity index (χ1) is 14.0. The van der Waals surface area contributed by atoms with Gasteiger partial charge in [-0.2, -0.15) is 0 Å². The summed E-state index contributed by atoms with van der Waals surface area (Å²) in [5.74, 6) is 0. The third-order valence-corrected chi connectivity index (χ3v) is 6.37. The molecule has 0 amide bonds. The SMILES string of the molecule is CCCCN(CCCC)Cc1c(C)cc(C)c(CN(CCCC)CCCC)c1C. The summed E-state index contributed by atoms with van der Waals surface area (Å²) < 4.78 is 0. The van der Waals surface area contributed by atoms with Gasteiger partial charge in [-0.3, -0.25) is 9.80 Å². The third kappa shape index (κ3) is 9.22. The average molecular weight is 403 g/mol. The van der Waals surface area contributed by atoms with Crippen LogP contribution in [0.4, 0.5) is 0 Å². The lowest BCUT2D eigenvalue weighted by molar-refractivity contribution is 0.251. The van der Waals surface area contributed by atoms with Crippen LogP contribution in [0.25, 0.3) is 0 Å². The van der Waals surface area contributed by atoms with E-state index in [1.807, 2.05) is 0 Å². The van der Waals surface area contributed by atoms with Crippen molar-refractivity contribution in [1.29, 1.82) is 0 Å². The van der Waals surface area contributed by atoms with Gasteiger partial charge in [0.1, 0.15) is 0 Å². The molecule has 0 bridgehead atoms. The van der Waals surface area contributed by atoms with Crippen molar-refractivity contribution in [2.45, 2.75) is 113 Å². The number of aryl methyl sites for hydroxylation is 2. The van der Waals surface area contributed by atoms with Gasteiger partial charge in [0.15, 0.2) is 0 Å². The number of benzene rings is 1. The van der Waals surface area contributed by atoms with Crippen LogP contribution in [0.1, 0.15) is 107 Å². The first-order valence-corrected chi connectivity index (χ1v) is 12.5. The Morgan fingerprint density at radius 1 is 0.552 bits per heavy atom. The maximum Gasteiger partial charge on any atom is 0.0239 e. The summed E-state index contributed by atoms with van der Waals surface area (Å²) in [7, 11) is 0. The van der Waals surface area contributed by atoms with Crippen molar-refractivity contribution in [1.82, 2.24) is 9.80 Å². The molecular formula is C27H50N2. The fourth-order valence-electron chi connectivity index (χ4n) is 4.27. The normalized spacial score (nSPS) is 11.8. The molecule has 2 nitrogen and oxygen atoms in total. The number of unbranched alkanes of at least 4 members (excludes halogenated alkanes) is 4. The van der Waals surface area contributed by atoms with Crippen molar-refractivity contribution in [3.05, 3.63) is 33.9 Å². The van der Waals surface area contributed by atoms with Crippen LogP contribution in [0.2, 0.25) is 0 Å². The van der Waals surface area contributed by atoms with Crippen molar-refractivity contribution >= 4 is 0 Å². The molecule has 0 aliphatic heterocycles. The highest BCUT2D eigenvalue weighted by molar-refractivity contribution is 5.44. The highest BCUT2D eigenvalue weighted by Crippen LogP contribution is 2.26. The molecule has 0 radical (unpaired) electrons. The second-order valence-electron chi connectivity index (χ2n) is 9.06. The second-order valence-corrected chi connectivity index (χ2v) is 9.06. The molecule has 0 atom stereocenters. The van der Waals surface area contributed by atoms with Gasteiger partial charge < -0.3 is 0 Å². The summed E-state index contributed by atoms with van der Waals surface area (Å²) in [6, 6.07) is 2.45. The molecule has 0 N–H and O–H groups in total. The Bertz CT molecular complexity index is 502. The summed E-state index contributed by atoms with van der Waals surface area (Å²) in [6.45, 7) is 23.4. The summed E-state index contributed by atoms with van der Waals surface area (Å²) in [6.07, 6.45) is 10.4. The molecule has 0 spiro atoms. The summed E-state index contributed by atoms with van der Waals surface area (Å²) >= 11 is 0. The Hall–Kier alpha value is -0.860. The fraction of sp³-hybridized carbons (Fsp3) is 0.778. The van der Waals surface area contributed by atoms with E-state index in [9.17, 15) is 0 Å². The molecule has 2 heteroatoms. The summed E-state index contributed by atoms with van der Waals surface area (Å²) in [5, 5.41) is 0. The predicted octanol–water partition coefficient (Wildman–Crippen LogP) is 7.42. The predicted molar refractivity (Wildman–Crippen MR) is 131 cm³/mol. The minimum Gasteiger partial charge on any atom is -0.299 e. The fourth-order valence-corrected chi connectivity index (χ4v) is 4.27. The van der Waals surface area contributed by atoms with E-state index in [-0.39, 0.29) is 0 Å². The quantitative estimate of drug-likeness (QED) is 0.284. The van der Waals surface area contributed by atoms with Gasteiger partial charge in [-0.1, -0.05) is 59.4 Å². The van der Waals surface area contributed by atoms with E-state index in [0.29, 0.717) is 0 Å². The number of hydrogen-bond acceptors (Lipinski definition) is 2. The molecule has 0 unspecified atom stereocenters. The van der Waals surface area contributed by atoms with E-state index in [1.54, 1.807) is 16.7 Å². The van der Waals surface area contributed by atoms with Gasteiger partial charge in [-0.25, -0.2) is 0 Å². The van der Waals surface area contributed by atoms with Crippen LogP contribution in [0, 0.1) is 20.8 Å². The number of rotatable bonds is 16. The molecule has 1 rings (SSSR count). The van der Waals surface area contributed by atoms with E-state index in [0.717, 1.165) is 13.1 Å². The van der Waals surface area contributed by atoms with Crippen molar-refractivity contribution < 1.29 is 0 Å². The summed E-state index contributed by atoms with van der Waals surface area (Å²) in [4.78, 5) is 5.40. The largest absolute Gasteiger partial charge is 0.299 e. The third-order valence-electron chi connectivity index (χ3n) is 6.37. The van der Waals surface area contributed by atoms with Gasteiger partial charge in [0.2, 0.25) is 0 Å². The van der Waals surface area contributed by atoms with Crippen LogP contribution in [0.3, 0.4) is 0 Å². The minimum absolute atomic E-state index is 1.12. The highest BCUT2D eigenvalue weighted by Gasteiger charge is 2.16. The van der Waals surface area contributed by atoms with E-state index in [2.05, 4.69) is 64.3 Å². The van der Waals surface area contributed by atoms with E-state index in [1.165, 1.54) is 88.7 Å². The van der Waals surface area contributed by atoms with Gasteiger partial charge in [-0.05, 0) is 100 Å². The summed E-state index contributed by atoms with van der Waals surface area (Å²) in [5.41, 5.74) is 7.69. The van der Waals surface area contributed by atoms with E-state index >= 15 is 0 Å². The molecular weight excluding hydrogens is 352 g/mol. The zero-order valence-electron chi connectivity index (χ0n) is 20.9. The molecule has 1 aromatic rings. The topological polar surface area (TPSA) is 6.48 Å². The van der Waals surface area contributed by atoms with Crippen LogP contribution < -0.4 is 0 Å². The Kier molecular flexibility index (Phi) is 13.6. The van der Waals surface area contributed by atoms with Crippen molar-refractivity contribution in [2.75, 3.05) is 26.2 Å². The van der Waals surface area contributed by atoms with Crippen LogP contribution >= 0.6 is 0 Å². The molecule has 0 aliphatic rings. The molecule has 0 saturated carbocycles. The van der Waals surface area contributed by atoms with Gasteiger partial charge in [-0.15, -0.1) is 0 Å². The van der Waals surface area contributed by atoms with Crippen molar-refractivity contribution in [3.63, 3.8) is 0 Å². The maximum absolute atomic E-state index is 2.70. The lowest BCUT2D eigenvalue weighted by Gasteiger charge is -2.28. The van der Waals surface area contributed by atoms with Gasteiger partial charge in [0.05, 0.1) is 0 Å². The highest BCUT2D eigenvalue weighted by atomic mass is 15.1. The minimum atomic E-state index is 1.12. The zero-order valence-corrected chi connectivity index (χ0v) is 20.9. The average Bonchev–Trinajstić information content (AvgIpc) is 2.71. The first kappa shape index (κ1) is 26.2. The van der Waals surface area contributed by atoms with Crippen LogP contribution in [0.15, 0.2) is 6.07 Å². The van der Waals surface area contributed by atoms with Gasteiger partial charge in [0.25, 0.3) is 0 Å². The molecule has 0 aliphatic carbocycles. The Balaban J connectivity index is 3.07. The standard InChI is InChI=1S/C27H50N2/c1-8-12-16-28(17-13-9-2)21-26-23(5)20-24(6)27(25(26)7)22-29(18-14-10-3)19-15-11-4/h20H,8-19,21-22H2,1-7H3. The van der Waals surface area contributed by atoms with Crippen LogP contribution in [0.5, 0.6) is 0 Å². The van der Waals surface area contributed by atoms with Gasteiger partial charge in [0, 0.05) is 13.1 Å². The number of nitrogens with zero attached hydrogens (tertiary/aromatic N) is 2. The molecule has 1 aromatic carbocycles. The Morgan fingerprint density at radius 2 is 0.862 bits per heavy atom. The molecule has 168 valence electrons. The van der Waals surface area contributed by atoms with E-state index < -0.39 is 0 Å². The van der Waals surface area contributed by atoms with Crippen LogP contribution in [-0.2, 0) is 13.1 Å². The second kappa shape index (κ2) is 15.0. The maximum atomic E-state index is 2.70. The molecule has 0 heterocycles. The number of hydrogen-bond donors (Lipinski definition) is 0. The monoisotopic (exact) mass is 402 g/mol. The van der Waals surface area contributed by atoms with Crippen LogP contribution in [-0.4, -0.2) is 36.0 Å². The van der Waals surface area contributed by atoms with Crippen molar-refractivity contribution in [3.8, 4) is 0 Å². The van der Waals surface area contributed by atoms with Crippen molar-refractivity contribution in [2.24, 2.45) is 0 Å². The zero-order chi connectivity index (χ0) is 21.6. The molecule has 29 heavy (non-hydrogen) atoms.